The number of carbonyl (C=O) groups excluding carboxylic acids is 1. The van der Waals surface area contributed by atoms with Crippen molar-refractivity contribution in [2.75, 3.05) is 0 Å². The van der Waals surface area contributed by atoms with Crippen LogP contribution in [0.1, 0.15) is 30.0 Å². The molecule has 1 saturated heterocycles. The molecule has 0 saturated carbocycles. The van der Waals surface area contributed by atoms with E-state index in [1.165, 1.54) is 10.5 Å². The summed E-state index contributed by atoms with van der Waals surface area (Å²) in [5.74, 6) is -0.807. The normalized spacial score (nSPS) is 16.3. The third-order valence-corrected chi connectivity index (χ3v) is 5.86. The van der Waals surface area contributed by atoms with Crippen molar-refractivity contribution in [3.8, 4) is 5.75 Å². The minimum atomic E-state index is -1.06. The Kier molecular flexibility index (Phi) is 6.71. The van der Waals surface area contributed by atoms with Crippen molar-refractivity contribution in [3.05, 3.63) is 70.1 Å². The Labute approximate surface area is 179 Å². The molecule has 7 heteroatoms. The fourth-order valence-corrected chi connectivity index (χ4v) is 4.28. The number of benzene rings is 2. The summed E-state index contributed by atoms with van der Waals surface area (Å²) >= 11 is 6.38. The second-order valence-electron chi connectivity index (χ2n) is 6.63. The Morgan fingerprint density at radius 2 is 1.93 bits per heavy atom. The standard InChI is InChI=1S/C22H21NO4S2/c1-3-17(21(25)26)23-20(24)19(29-22(23)28)12-16-6-4-5-7-18(16)27-13-15-10-8-14(2)9-11-15/h4-12,17H,3,13H2,1-2H3,(H,25,26)/b19-12+/t17-/m0/s1. The van der Waals surface area contributed by atoms with Gasteiger partial charge in [-0.15, -0.1) is 0 Å². The van der Waals surface area contributed by atoms with Gasteiger partial charge < -0.3 is 9.84 Å². The highest BCUT2D eigenvalue weighted by atomic mass is 32.2. The smallest absolute Gasteiger partial charge is 0.326 e. The van der Waals surface area contributed by atoms with Crippen LogP contribution in [0.2, 0.25) is 0 Å². The number of carboxylic acid groups (broad SMARTS) is 1. The van der Waals surface area contributed by atoms with E-state index in [9.17, 15) is 14.7 Å². The van der Waals surface area contributed by atoms with Crippen molar-refractivity contribution in [1.82, 2.24) is 4.90 Å². The number of thiocarbonyl (C=S) groups is 1. The topological polar surface area (TPSA) is 66.8 Å². The number of carboxylic acids is 1. The number of hydrogen-bond donors (Lipinski definition) is 1. The van der Waals surface area contributed by atoms with E-state index in [2.05, 4.69) is 0 Å². The summed E-state index contributed by atoms with van der Waals surface area (Å²) in [6.45, 7) is 4.15. The lowest BCUT2D eigenvalue weighted by Gasteiger charge is -2.21. The fraction of sp³-hybridized carbons (Fsp3) is 0.227. The van der Waals surface area contributed by atoms with Crippen molar-refractivity contribution < 1.29 is 19.4 Å². The van der Waals surface area contributed by atoms with E-state index < -0.39 is 12.0 Å². The van der Waals surface area contributed by atoms with Gasteiger partial charge >= 0.3 is 5.97 Å². The van der Waals surface area contributed by atoms with Crippen LogP contribution in [0.15, 0.2) is 53.4 Å². The van der Waals surface area contributed by atoms with Gasteiger partial charge in [0.1, 0.15) is 22.7 Å². The zero-order valence-electron chi connectivity index (χ0n) is 16.1. The van der Waals surface area contributed by atoms with Crippen molar-refractivity contribution in [2.45, 2.75) is 32.9 Å². The molecule has 0 bridgehead atoms. The maximum atomic E-state index is 12.8. The summed E-state index contributed by atoms with van der Waals surface area (Å²) in [7, 11) is 0. The SMILES string of the molecule is CC[C@@H](C(=O)O)N1C(=O)/C(=C\c2ccccc2OCc2ccc(C)cc2)SC1=S. The summed E-state index contributed by atoms with van der Waals surface area (Å²) in [4.78, 5) is 25.8. The molecule has 29 heavy (non-hydrogen) atoms. The Hall–Kier alpha value is -2.64. The number of hydrogen-bond acceptors (Lipinski definition) is 5. The molecule has 5 nitrogen and oxygen atoms in total. The van der Waals surface area contributed by atoms with E-state index >= 15 is 0 Å². The van der Waals surface area contributed by atoms with Crippen molar-refractivity contribution in [2.24, 2.45) is 0 Å². The molecule has 1 aliphatic rings. The Morgan fingerprint density at radius 3 is 2.59 bits per heavy atom. The van der Waals surface area contributed by atoms with Crippen LogP contribution in [-0.4, -0.2) is 32.2 Å². The summed E-state index contributed by atoms with van der Waals surface area (Å²) in [6.07, 6.45) is 1.99. The van der Waals surface area contributed by atoms with E-state index in [4.69, 9.17) is 17.0 Å². The summed E-state index contributed by atoms with van der Waals surface area (Å²) in [6, 6.07) is 14.5. The number of aliphatic carboxylic acids is 1. The number of thioether (sulfide) groups is 1. The van der Waals surface area contributed by atoms with E-state index in [1.807, 2.05) is 55.5 Å². The van der Waals surface area contributed by atoms with Crippen LogP contribution in [0.3, 0.4) is 0 Å². The molecular formula is C22H21NO4S2. The van der Waals surface area contributed by atoms with E-state index in [0.717, 1.165) is 22.9 Å². The molecule has 0 radical (unpaired) electrons. The van der Waals surface area contributed by atoms with Crippen molar-refractivity contribution in [1.29, 1.82) is 0 Å². The lowest BCUT2D eigenvalue weighted by Crippen LogP contribution is -2.43. The van der Waals surface area contributed by atoms with Gasteiger partial charge in [0.2, 0.25) is 0 Å². The number of aryl methyl sites for hydroxylation is 1. The van der Waals surface area contributed by atoms with Crippen LogP contribution in [0.4, 0.5) is 0 Å². The molecule has 1 heterocycles. The Bertz CT molecular complexity index is 969. The molecule has 0 aromatic heterocycles. The molecule has 1 aliphatic heterocycles. The van der Waals surface area contributed by atoms with Gasteiger partial charge in [-0.1, -0.05) is 78.9 Å². The van der Waals surface area contributed by atoms with Crippen LogP contribution >= 0.6 is 24.0 Å². The van der Waals surface area contributed by atoms with Crippen LogP contribution < -0.4 is 4.74 Å². The summed E-state index contributed by atoms with van der Waals surface area (Å²) in [5, 5.41) is 9.38. The molecule has 0 spiro atoms. The van der Waals surface area contributed by atoms with E-state index in [1.54, 1.807) is 13.0 Å². The second-order valence-corrected chi connectivity index (χ2v) is 8.30. The van der Waals surface area contributed by atoms with Gasteiger partial charge in [0, 0.05) is 5.56 Å². The number of amides is 1. The summed E-state index contributed by atoms with van der Waals surface area (Å²) < 4.78 is 6.22. The lowest BCUT2D eigenvalue weighted by atomic mass is 10.1. The largest absolute Gasteiger partial charge is 0.488 e. The first-order valence-electron chi connectivity index (χ1n) is 9.18. The number of carbonyl (C=O) groups is 2. The van der Waals surface area contributed by atoms with Gasteiger partial charge in [0.15, 0.2) is 0 Å². The van der Waals surface area contributed by atoms with Crippen molar-refractivity contribution >= 4 is 46.3 Å². The number of nitrogens with zero attached hydrogens (tertiary/aromatic N) is 1. The third kappa shape index (κ3) is 4.86. The fourth-order valence-electron chi connectivity index (χ4n) is 2.93. The molecule has 1 amide bonds. The average Bonchev–Trinajstić information content (AvgIpc) is 2.97. The zero-order valence-corrected chi connectivity index (χ0v) is 17.8. The lowest BCUT2D eigenvalue weighted by molar-refractivity contribution is -0.145. The average molecular weight is 428 g/mol. The monoisotopic (exact) mass is 427 g/mol. The molecule has 0 unspecified atom stereocenters. The molecule has 150 valence electrons. The molecular weight excluding hydrogens is 406 g/mol. The van der Waals surface area contributed by atoms with Crippen LogP contribution in [-0.2, 0) is 16.2 Å². The highest BCUT2D eigenvalue weighted by molar-refractivity contribution is 8.26. The molecule has 0 aliphatic carbocycles. The van der Waals surface area contributed by atoms with Gasteiger partial charge in [-0.05, 0) is 31.1 Å². The Morgan fingerprint density at radius 1 is 1.24 bits per heavy atom. The second kappa shape index (κ2) is 9.24. The van der Waals surface area contributed by atoms with Gasteiger partial charge in [-0.3, -0.25) is 9.69 Å². The highest BCUT2D eigenvalue weighted by Gasteiger charge is 2.39. The Balaban J connectivity index is 1.81. The first-order valence-corrected chi connectivity index (χ1v) is 10.4. The minimum Gasteiger partial charge on any atom is -0.488 e. The first kappa shape index (κ1) is 21.1. The van der Waals surface area contributed by atoms with Crippen molar-refractivity contribution in [3.63, 3.8) is 0 Å². The van der Waals surface area contributed by atoms with E-state index in [-0.39, 0.29) is 16.6 Å². The predicted octanol–water partition coefficient (Wildman–Crippen LogP) is 4.64. The molecule has 1 fully saturated rings. The molecule has 1 atom stereocenters. The molecule has 1 N–H and O–H groups in total. The van der Waals surface area contributed by atoms with Crippen LogP contribution in [0, 0.1) is 6.92 Å². The van der Waals surface area contributed by atoms with Gasteiger partial charge in [-0.2, -0.15) is 0 Å². The van der Waals surface area contributed by atoms with Gasteiger partial charge in [0.25, 0.3) is 5.91 Å². The highest BCUT2D eigenvalue weighted by Crippen LogP contribution is 2.36. The zero-order chi connectivity index (χ0) is 21.0. The van der Waals surface area contributed by atoms with E-state index in [0.29, 0.717) is 17.3 Å². The number of para-hydroxylation sites is 1. The van der Waals surface area contributed by atoms with Gasteiger partial charge in [0.05, 0.1) is 4.91 Å². The molecule has 3 rings (SSSR count). The number of ether oxygens (including phenoxy) is 1. The molecule has 2 aromatic carbocycles. The first-order chi connectivity index (χ1) is 13.9. The van der Waals surface area contributed by atoms with Gasteiger partial charge in [-0.25, -0.2) is 4.79 Å². The quantitative estimate of drug-likeness (QED) is 0.513. The van der Waals surface area contributed by atoms with Crippen LogP contribution in [0.25, 0.3) is 6.08 Å². The van der Waals surface area contributed by atoms with Crippen LogP contribution in [0.5, 0.6) is 5.75 Å². The molecule has 2 aromatic rings. The number of rotatable bonds is 7. The maximum Gasteiger partial charge on any atom is 0.326 e. The minimum absolute atomic E-state index is 0.258. The third-order valence-electron chi connectivity index (χ3n) is 4.53. The summed E-state index contributed by atoms with van der Waals surface area (Å²) in [5.41, 5.74) is 2.97. The maximum absolute atomic E-state index is 12.8. The predicted molar refractivity (Wildman–Crippen MR) is 119 cm³/mol.